The molecular formula is C25H38O9. The van der Waals surface area contributed by atoms with E-state index in [9.17, 15) is 15.0 Å². The number of aliphatic hydroxyl groups excluding tert-OH is 2. The highest BCUT2D eigenvalue weighted by Crippen LogP contribution is 2.51. The van der Waals surface area contributed by atoms with Gasteiger partial charge >= 0.3 is 5.97 Å². The molecule has 1 aromatic carbocycles. The molecule has 2 N–H and O–H groups in total. The number of carbonyl (C=O) groups excluding carboxylic acids is 1. The Labute approximate surface area is 201 Å². The Bertz CT molecular complexity index is 812. The molecule has 0 unspecified atom stereocenters. The van der Waals surface area contributed by atoms with Gasteiger partial charge in [0.15, 0.2) is 17.6 Å². The molecule has 2 aliphatic heterocycles. The smallest absolute Gasteiger partial charge is 0.339 e. The van der Waals surface area contributed by atoms with E-state index >= 15 is 0 Å². The van der Waals surface area contributed by atoms with Gasteiger partial charge in [0.2, 0.25) is 5.75 Å². The number of methoxy groups -OCH3 is 2. The van der Waals surface area contributed by atoms with E-state index < -0.39 is 43.1 Å². The van der Waals surface area contributed by atoms with Gasteiger partial charge < -0.3 is 38.6 Å². The summed E-state index contributed by atoms with van der Waals surface area (Å²) in [6, 6.07) is 1.60. The van der Waals surface area contributed by atoms with Gasteiger partial charge in [-0.25, -0.2) is 4.79 Å². The third-order valence-electron chi connectivity index (χ3n) is 6.30. The zero-order chi connectivity index (χ0) is 24.7. The van der Waals surface area contributed by atoms with Crippen LogP contribution in [0.4, 0.5) is 0 Å². The lowest BCUT2D eigenvalue weighted by Gasteiger charge is -2.46. The zero-order valence-corrected chi connectivity index (χ0v) is 20.6. The highest BCUT2D eigenvalue weighted by Gasteiger charge is 2.53. The lowest BCUT2D eigenvalue weighted by molar-refractivity contribution is -0.241. The monoisotopic (exact) mass is 482 g/mol. The Morgan fingerprint density at radius 2 is 1.68 bits per heavy atom. The summed E-state index contributed by atoms with van der Waals surface area (Å²) < 4.78 is 35.1. The fraction of sp³-hybridized carbons (Fsp3) is 0.720. The molecule has 0 saturated carbocycles. The predicted molar refractivity (Wildman–Crippen MR) is 124 cm³/mol. The topological polar surface area (TPSA) is 113 Å². The van der Waals surface area contributed by atoms with E-state index in [0.717, 1.165) is 38.5 Å². The molecule has 3 rings (SSSR count). The molecule has 0 aromatic heterocycles. The van der Waals surface area contributed by atoms with Crippen molar-refractivity contribution in [2.24, 2.45) is 0 Å². The van der Waals surface area contributed by atoms with Crippen LogP contribution in [-0.4, -0.2) is 74.6 Å². The van der Waals surface area contributed by atoms with Crippen LogP contribution >= 0.6 is 0 Å². The van der Waals surface area contributed by atoms with E-state index in [1.165, 1.54) is 14.2 Å². The fourth-order valence-corrected chi connectivity index (χ4v) is 4.48. The van der Waals surface area contributed by atoms with Crippen molar-refractivity contribution in [3.05, 3.63) is 17.2 Å². The van der Waals surface area contributed by atoms with Crippen molar-refractivity contribution >= 4 is 5.97 Å². The average Bonchev–Trinajstić information content (AvgIpc) is 2.84. The third-order valence-corrected chi connectivity index (χ3v) is 6.30. The summed E-state index contributed by atoms with van der Waals surface area (Å²) in [5.41, 5.74) is 0.712. The highest BCUT2D eigenvalue weighted by atomic mass is 16.6. The second kappa shape index (κ2) is 12.6. The van der Waals surface area contributed by atoms with E-state index in [2.05, 4.69) is 13.8 Å². The molecular weight excluding hydrogens is 444 g/mol. The molecule has 1 aromatic rings. The number of hydrogen-bond acceptors (Lipinski definition) is 9. The highest BCUT2D eigenvalue weighted by molar-refractivity contribution is 5.95. The molecule has 0 spiro atoms. The maximum Gasteiger partial charge on any atom is 0.339 e. The van der Waals surface area contributed by atoms with E-state index in [-0.39, 0.29) is 5.56 Å². The van der Waals surface area contributed by atoms with Gasteiger partial charge in [-0.15, -0.1) is 0 Å². The van der Waals surface area contributed by atoms with Gasteiger partial charge in [0.05, 0.1) is 32.5 Å². The first-order valence-electron chi connectivity index (χ1n) is 12.2. The largest absolute Gasteiger partial charge is 0.490 e. The molecule has 5 atom stereocenters. The molecule has 0 amide bonds. The summed E-state index contributed by atoms with van der Waals surface area (Å²) in [5, 5.41) is 20.4. The standard InChI is InChI=1S/C25H38O9/c1-5-7-9-11-31-16-13-15-18(21(20(16)29-3)32-12-10-8-6-2)22-24(34-25(15)28)23(30-4)19(27)17(14-26)33-22/h13,17,19,22-24,26-27H,5-12,14H2,1-4H3/t17-,19-,22+,23+,24+/m1/s1. The number of carbonyl (C=O) groups is 1. The predicted octanol–water partition coefficient (Wildman–Crippen LogP) is 3.18. The number of unbranched alkanes of at least 4 members (excludes halogenated alkanes) is 4. The average molecular weight is 483 g/mol. The first kappa shape index (κ1) is 26.5. The lowest BCUT2D eigenvalue weighted by Crippen LogP contribution is -2.58. The number of benzene rings is 1. The van der Waals surface area contributed by atoms with Gasteiger partial charge in [-0.2, -0.15) is 0 Å². The van der Waals surface area contributed by atoms with Gasteiger partial charge in [-0.3, -0.25) is 0 Å². The Balaban J connectivity index is 2.07. The summed E-state index contributed by atoms with van der Waals surface area (Å²) >= 11 is 0. The summed E-state index contributed by atoms with van der Waals surface area (Å²) in [4.78, 5) is 13.1. The number of fused-ring (bicyclic) bond motifs is 3. The van der Waals surface area contributed by atoms with Crippen molar-refractivity contribution in [1.82, 2.24) is 0 Å². The van der Waals surface area contributed by atoms with Gasteiger partial charge in [-0.1, -0.05) is 39.5 Å². The van der Waals surface area contributed by atoms with Crippen LogP contribution < -0.4 is 14.2 Å². The molecule has 2 aliphatic rings. The lowest BCUT2D eigenvalue weighted by atomic mass is 9.86. The molecule has 0 aliphatic carbocycles. The number of rotatable bonds is 13. The van der Waals surface area contributed by atoms with Crippen molar-refractivity contribution in [3.63, 3.8) is 0 Å². The normalized spacial score (nSPS) is 25.8. The first-order valence-corrected chi connectivity index (χ1v) is 12.2. The Kier molecular flexibility index (Phi) is 9.82. The number of esters is 1. The number of hydrogen-bond donors (Lipinski definition) is 2. The summed E-state index contributed by atoms with van der Waals surface area (Å²) in [5.74, 6) is 0.549. The van der Waals surface area contributed by atoms with Crippen LogP contribution in [0.15, 0.2) is 6.07 Å². The summed E-state index contributed by atoms with van der Waals surface area (Å²) in [7, 11) is 2.95. The Morgan fingerprint density at radius 3 is 2.26 bits per heavy atom. The Morgan fingerprint density at radius 1 is 1.00 bits per heavy atom. The first-order chi connectivity index (χ1) is 16.5. The maximum atomic E-state index is 13.1. The maximum absolute atomic E-state index is 13.1. The molecule has 1 saturated heterocycles. The van der Waals surface area contributed by atoms with Gasteiger partial charge in [-0.05, 0) is 18.9 Å². The van der Waals surface area contributed by atoms with Crippen molar-refractivity contribution in [2.45, 2.75) is 82.9 Å². The van der Waals surface area contributed by atoms with E-state index in [1.54, 1.807) is 6.07 Å². The summed E-state index contributed by atoms with van der Waals surface area (Å²) in [6.07, 6.45) is 1.11. The van der Waals surface area contributed by atoms with Gasteiger partial charge in [0.25, 0.3) is 0 Å². The molecule has 0 radical (unpaired) electrons. The SMILES string of the molecule is CCCCCOc1cc2c(c(OCCCCC)c1OC)[C@@H]1O[C@H](CO)[C@@H](O)[C@H](OC)[C@H]1OC2=O. The van der Waals surface area contributed by atoms with Crippen LogP contribution in [0.2, 0.25) is 0 Å². The number of ether oxygens (including phenoxy) is 6. The van der Waals surface area contributed by atoms with E-state index in [0.29, 0.717) is 36.0 Å². The van der Waals surface area contributed by atoms with E-state index in [4.69, 9.17) is 28.4 Å². The molecule has 1 fully saturated rings. The molecule has 192 valence electrons. The summed E-state index contributed by atoms with van der Waals surface area (Å²) in [6.45, 7) is 4.69. The van der Waals surface area contributed by atoms with Crippen LogP contribution in [0.3, 0.4) is 0 Å². The molecule has 2 heterocycles. The molecule has 9 heteroatoms. The van der Waals surface area contributed by atoms with Crippen LogP contribution in [0.25, 0.3) is 0 Å². The van der Waals surface area contributed by atoms with Crippen molar-refractivity contribution < 1.29 is 43.4 Å². The van der Waals surface area contributed by atoms with Gasteiger partial charge in [0, 0.05) is 12.7 Å². The third kappa shape index (κ3) is 5.43. The van der Waals surface area contributed by atoms with Crippen molar-refractivity contribution in [2.75, 3.05) is 34.0 Å². The minimum Gasteiger partial charge on any atom is -0.490 e. The van der Waals surface area contributed by atoms with Crippen LogP contribution in [0.1, 0.15) is 74.4 Å². The second-order valence-corrected chi connectivity index (χ2v) is 8.65. The molecule has 0 bridgehead atoms. The number of aliphatic hydroxyl groups is 2. The molecule has 34 heavy (non-hydrogen) atoms. The van der Waals surface area contributed by atoms with Crippen molar-refractivity contribution in [1.29, 1.82) is 0 Å². The van der Waals surface area contributed by atoms with Crippen LogP contribution in [-0.2, 0) is 14.2 Å². The molecule has 9 nitrogen and oxygen atoms in total. The quantitative estimate of drug-likeness (QED) is 0.323. The second-order valence-electron chi connectivity index (χ2n) is 8.65. The van der Waals surface area contributed by atoms with Gasteiger partial charge in [0.1, 0.15) is 24.4 Å². The van der Waals surface area contributed by atoms with Crippen LogP contribution in [0.5, 0.6) is 17.2 Å². The zero-order valence-electron chi connectivity index (χ0n) is 20.6. The van der Waals surface area contributed by atoms with Crippen LogP contribution in [0, 0.1) is 0 Å². The minimum atomic E-state index is -1.16. The minimum absolute atomic E-state index is 0.251. The van der Waals surface area contributed by atoms with E-state index in [1.807, 2.05) is 0 Å². The fourth-order valence-electron chi connectivity index (χ4n) is 4.48. The van der Waals surface area contributed by atoms with Crippen molar-refractivity contribution in [3.8, 4) is 17.2 Å². The Hall–Kier alpha value is -2.07.